The highest BCUT2D eigenvalue weighted by Crippen LogP contribution is 2.25. The number of benzene rings is 2. The standard InChI is InChI=1S/C19H22FN3O3S/c1-14(27-16-10-8-15(9-11-16)23(25)26)19(24)21-12-5-13-22(2)18-7-4-3-6-17(18)20/h3-4,6-11,14H,5,12-13H2,1-2H3,(H,21,24). The first-order valence-corrected chi connectivity index (χ1v) is 9.41. The van der Waals surface area contributed by atoms with Gasteiger partial charge in [0.1, 0.15) is 5.82 Å². The normalized spacial score (nSPS) is 11.7. The molecule has 27 heavy (non-hydrogen) atoms. The number of anilines is 1. The Morgan fingerprint density at radius 2 is 1.93 bits per heavy atom. The molecule has 1 N–H and O–H groups in total. The Hall–Kier alpha value is -2.61. The molecule has 2 aromatic carbocycles. The molecule has 0 aliphatic carbocycles. The van der Waals surface area contributed by atoms with Crippen LogP contribution in [-0.4, -0.2) is 36.2 Å². The third kappa shape index (κ3) is 6.25. The number of nitrogens with one attached hydrogen (secondary N) is 1. The average molecular weight is 391 g/mol. The van der Waals surface area contributed by atoms with E-state index in [4.69, 9.17) is 0 Å². The summed E-state index contributed by atoms with van der Waals surface area (Å²) in [4.78, 5) is 25.0. The van der Waals surface area contributed by atoms with Crippen LogP contribution in [0.25, 0.3) is 0 Å². The van der Waals surface area contributed by atoms with E-state index in [9.17, 15) is 19.3 Å². The Bertz CT molecular complexity index is 786. The third-order valence-electron chi connectivity index (χ3n) is 3.96. The number of nitro benzene ring substituents is 1. The predicted octanol–water partition coefficient (Wildman–Crippen LogP) is 3.86. The fourth-order valence-electron chi connectivity index (χ4n) is 2.46. The summed E-state index contributed by atoms with van der Waals surface area (Å²) in [5, 5.41) is 13.2. The number of para-hydroxylation sites is 1. The molecule has 0 bridgehead atoms. The molecule has 0 aliphatic heterocycles. The van der Waals surface area contributed by atoms with E-state index in [1.54, 1.807) is 37.3 Å². The maximum Gasteiger partial charge on any atom is 0.269 e. The van der Waals surface area contributed by atoms with Gasteiger partial charge in [-0.3, -0.25) is 14.9 Å². The molecule has 0 aromatic heterocycles. The lowest BCUT2D eigenvalue weighted by atomic mass is 10.2. The van der Waals surface area contributed by atoms with Gasteiger partial charge in [-0.1, -0.05) is 12.1 Å². The first-order chi connectivity index (χ1) is 12.9. The highest BCUT2D eigenvalue weighted by molar-refractivity contribution is 8.00. The zero-order chi connectivity index (χ0) is 19.8. The first-order valence-electron chi connectivity index (χ1n) is 8.53. The van der Waals surface area contributed by atoms with E-state index in [2.05, 4.69) is 5.32 Å². The Morgan fingerprint density at radius 3 is 2.56 bits per heavy atom. The molecule has 1 unspecified atom stereocenters. The summed E-state index contributed by atoms with van der Waals surface area (Å²) in [6.07, 6.45) is 0.686. The second-order valence-electron chi connectivity index (χ2n) is 6.03. The molecule has 0 saturated heterocycles. The van der Waals surface area contributed by atoms with E-state index < -0.39 is 4.92 Å². The van der Waals surface area contributed by atoms with Crippen LogP contribution in [0, 0.1) is 15.9 Å². The highest BCUT2D eigenvalue weighted by Gasteiger charge is 2.15. The maximum atomic E-state index is 13.7. The molecule has 6 nitrogen and oxygen atoms in total. The number of nitro groups is 1. The average Bonchev–Trinajstić information content (AvgIpc) is 2.65. The number of carbonyl (C=O) groups is 1. The number of nitrogens with zero attached hydrogens (tertiary/aromatic N) is 2. The highest BCUT2D eigenvalue weighted by atomic mass is 32.2. The molecule has 2 aromatic rings. The zero-order valence-electron chi connectivity index (χ0n) is 15.2. The van der Waals surface area contributed by atoms with Gasteiger partial charge in [0.15, 0.2) is 0 Å². The van der Waals surface area contributed by atoms with Gasteiger partial charge in [0.05, 0.1) is 15.9 Å². The van der Waals surface area contributed by atoms with Gasteiger partial charge in [-0.15, -0.1) is 11.8 Å². The van der Waals surface area contributed by atoms with Gasteiger partial charge in [0.2, 0.25) is 5.91 Å². The molecule has 2 rings (SSSR count). The van der Waals surface area contributed by atoms with Crippen LogP contribution in [0.3, 0.4) is 0 Å². The molecule has 0 spiro atoms. The molecule has 0 heterocycles. The van der Waals surface area contributed by atoms with Gasteiger partial charge in [-0.25, -0.2) is 4.39 Å². The van der Waals surface area contributed by atoms with Crippen molar-refractivity contribution in [1.82, 2.24) is 5.32 Å². The van der Waals surface area contributed by atoms with Crippen LogP contribution in [0.4, 0.5) is 15.8 Å². The topological polar surface area (TPSA) is 75.5 Å². The lowest BCUT2D eigenvalue weighted by Crippen LogP contribution is -2.33. The Labute approximate surface area is 161 Å². The number of carbonyl (C=O) groups excluding carboxylic acids is 1. The SMILES string of the molecule is CC(Sc1ccc([N+](=O)[O-])cc1)C(=O)NCCCN(C)c1ccccc1F. The van der Waals surface area contributed by atoms with Crippen LogP contribution in [0.15, 0.2) is 53.4 Å². The molecule has 0 radical (unpaired) electrons. The van der Waals surface area contributed by atoms with Crippen molar-refractivity contribution in [3.8, 4) is 0 Å². The second-order valence-corrected chi connectivity index (χ2v) is 7.44. The van der Waals surface area contributed by atoms with Crippen molar-refractivity contribution in [2.75, 3.05) is 25.0 Å². The number of halogens is 1. The van der Waals surface area contributed by atoms with Crippen molar-refractivity contribution in [3.63, 3.8) is 0 Å². The van der Waals surface area contributed by atoms with Gasteiger partial charge < -0.3 is 10.2 Å². The Kier molecular flexibility index (Phi) is 7.60. The molecule has 0 saturated carbocycles. The summed E-state index contributed by atoms with van der Waals surface area (Å²) in [5.41, 5.74) is 0.557. The summed E-state index contributed by atoms with van der Waals surface area (Å²) in [5.74, 6) is -0.371. The summed E-state index contributed by atoms with van der Waals surface area (Å²) in [7, 11) is 1.81. The molecular formula is C19H22FN3O3S. The van der Waals surface area contributed by atoms with Gasteiger partial charge in [0, 0.05) is 37.2 Å². The quantitative estimate of drug-likeness (QED) is 0.304. The number of hydrogen-bond donors (Lipinski definition) is 1. The van der Waals surface area contributed by atoms with Crippen molar-refractivity contribution in [2.45, 2.75) is 23.5 Å². The summed E-state index contributed by atoms with van der Waals surface area (Å²) in [6, 6.07) is 12.7. The van der Waals surface area contributed by atoms with Gasteiger partial charge >= 0.3 is 0 Å². The fourth-order valence-corrected chi connectivity index (χ4v) is 3.35. The number of amides is 1. The zero-order valence-corrected chi connectivity index (χ0v) is 16.0. The summed E-state index contributed by atoms with van der Waals surface area (Å²) in [6.45, 7) is 2.89. The van der Waals surface area contributed by atoms with Gasteiger partial charge in [-0.2, -0.15) is 0 Å². The van der Waals surface area contributed by atoms with E-state index in [-0.39, 0.29) is 22.7 Å². The lowest BCUT2D eigenvalue weighted by Gasteiger charge is -2.20. The minimum Gasteiger partial charge on any atom is -0.372 e. The van der Waals surface area contributed by atoms with Crippen LogP contribution >= 0.6 is 11.8 Å². The van der Waals surface area contributed by atoms with Gasteiger partial charge in [0.25, 0.3) is 5.69 Å². The Balaban J connectivity index is 1.73. The van der Waals surface area contributed by atoms with Crippen LogP contribution in [-0.2, 0) is 4.79 Å². The van der Waals surface area contributed by atoms with E-state index >= 15 is 0 Å². The van der Waals surface area contributed by atoms with Crippen molar-refractivity contribution in [2.24, 2.45) is 0 Å². The first kappa shape index (κ1) is 20.7. The van der Waals surface area contributed by atoms with E-state index in [0.29, 0.717) is 25.2 Å². The molecule has 0 fully saturated rings. The second kappa shape index (κ2) is 9.91. The number of thioether (sulfide) groups is 1. The van der Waals surface area contributed by atoms with Crippen LogP contribution in [0.1, 0.15) is 13.3 Å². The van der Waals surface area contributed by atoms with Crippen molar-refractivity contribution < 1.29 is 14.1 Å². The molecule has 1 amide bonds. The van der Waals surface area contributed by atoms with Gasteiger partial charge in [-0.05, 0) is 37.6 Å². The van der Waals surface area contributed by atoms with E-state index in [1.807, 2.05) is 11.9 Å². The molecule has 144 valence electrons. The van der Waals surface area contributed by atoms with E-state index in [1.165, 1.54) is 30.0 Å². The number of rotatable bonds is 9. The van der Waals surface area contributed by atoms with Crippen LogP contribution in [0.2, 0.25) is 0 Å². The lowest BCUT2D eigenvalue weighted by molar-refractivity contribution is -0.384. The molecule has 8 heteroatoms. The smallest absolute Gasteiger partial charge is 0.269 e. The molecular weight excluding hydrogens is 369 g/mol. The molecule has 1 atom stereocenters. The number of non-ortho nitro benzene ring substituents is 1. The number of hydrogen-bond acceptors (Lipinski definition) is 5. The monoisotopic (exact) mass is 391 g/mol. The van der Waals surface area contributed by atoms with E-state index in [0.717, 1.165) is 4.90 Å². The summed E-state index contributed by atoms with van der Waals surface area (Å²) >= 11 is 1.34. The maximum absolute atomic E-state index is 13.7. The van der Waals surface area contributed by atoms with Crippen LogP contribution < -0.4 is 10.2 Å². The third-order valence-corrected chi connectivity index (χ3v) is 5.07. The predicted molar refractivity (Wildman–Crippen MR) is 106 cm³/mol. The molecule has 0 aliphatic rings. The Morgan fingerprint density at radius 1 is 1.26 bits per heavy atom. The van der Waals surface area contributed by atoms with Crippen molar-refractivity contribution in [1.29, 1.82) is 0 Å². The minimum atomic E-state index is -0.455. The fraction of sp³-hybridized carbons (Fsp3) is 0.316. The van der Waals surface area contributed by atoms with Crippen molar-refractivity contribution >= 4 is 29.0 Å². The largest absolute Gasteiger partial charge is 0.372 e. The van der Waals surface area contributed by atoms with Crippen molar-refractivity contribution in [3.05, 3.63) is 64.5 Å². The summed E-state index contributed by atoms with van der Waals surface area (Å²) < 4.78 is 13.7. The van der Waals surface area contributed by atoms with Crippen LogP contribution in [0.5, 0.6) is 0 Å². The minimum absolute atomic E-state index is 0.0235.